The molecule has 1 amide bonds. The number of aromatic nitrogens is 3. The Kier molecular flexibility index (Phi) is 6.54. The van der Waals surface area contributed by atoms with E-state index in [9.17, 15) is 13.6 Å². The van der Waals surface area contributed by atoms with E-state index >= 15 is 0 Å². The van der Waals surface area contributed by atoms with Gasteiger partial charge in [-0.2, -0.15) is 0 Å². The first kappa shape index (κ1) is 19.8. The number of amides is 1. The number of hydrogen-bond acceptors (Lipinski definition) is 4. The summed E-state index contributed by atoms with van der Waals surface area (Å²) in [7, 11) is 0. The van der Waals surface area contributed by atoms with Crippen molar-refractivity contribution >= 4 is 23.4 Å². The van der Waals surface area contributed by atoms with Crippen molar-refractivity contribution in [2.24, 2.45) is 0 Å². The molecule has 0 saturated heterocycles. The van der Waals surface area contributed by atoms with Crippen LogP contribution in [0.4, 0.5) is 14.5 Å². The van der Waals surface area contributed by atoms with Crippen molar-refractivity contribution < 1.29 is 13.6 Å². The Hall–Kier alpha value is -3.00. The number of halogens is 2. The van der Waals surface area contributed by atoms with E-state index in [1.165, 1.54) is 17.8 Å². The molecule has 0 aliphatic rings. The highest BCUT2D eigenvalue weighted by atomic mass is 32.2. The Balaban J connectivity index is 1.65. The first-order chi connectivity index (χ1) is 13.6. The molecule has 0 bridgehead atoms. The molecule has 0 atom stereocenters. The number of carbonyl (C=O) groups is 1. The van der Waals surface area contributed by atoms with Gasteiger partial charge in [-0.15, -0.1) is 16.8 Å². The summed E-state index contributed by atoms with van der Waals surface area (Å²) >= 11 is 1.21. The molecule has 0 radical (unpaired) electrons. The summed E-state index contributed by atoms with van der Waals surface area (Å²) in [5, 5.41) is 11.5. The predicted molar refractivity (Wildman–Crippen MR) is 105 cm³/mol. The van der Waals surface area contributed by atoms with Crippen LogP contribution in [0.1, 0.15) is 11.4 Å². The van der Waals surface area contributed by atoms with E-state index in [0.29, 0.717) is 18.1 Å². The maximum atomic E-state index is 13.2. The zero-order valence-electron chi connectivity index (χ0n) is 14.9. The number of hydrogen-bond donors (Lipinski definition) is 1. The lowest BCUT2D eigenvalue weighted by Crippen LogP contribution is -2.15. The summed E-state index contributed by atoms with van der Waals surface area (Å²) < 4.78 is 28.1. The van der Waals surface area contributed by atoms with Gasteiger partial charge in [0.05, 0.1) is 5.75 Å². The van der Waals surface area contributed by atoms with Gasteiger partial charge in [0.15, 0.2) is 16.8 Å². The Morgan fingerprint density at radius 1 is 1.14 bits per heavy atom. The zero-order chi connectivity index (χ0) is 19.9. The standard InChI is InChI=1S/C20H18F2N4OS/c1-2-10-26-18(11-14-6-4-3-5-7-14)24-25-20(26)28-13-19(27)23-15-8-9-16(21)17(22)12-15/h2-9,12H,1,10-11,13H2,(H,23,27). The van der Waals surface area contributed by atoms with Gasteiger partial charge in [-0.05, 0) is 17.7 Å². The Morgan fingerprint density at radius 2 is 1.93 bits per heavy atom. The number of rotatable bonds is 8. The smallest absolute Gasteiger partial charge is 0.234 e. The van der Waals surface area contributed by atoms with E-state index in [-0.39, 0.29) is 17.3 Å². The molecule has 3 aromatic rings. The lowest BCUT2D eigenvalue weighted by atomic mass is 10.1. The molecular formula is C20H18F2N4OS. The summed E-state index contributed by atoms with van der Waals surface area (Å²) in [6.45, 7) is 4.28. The van der Waals surface area contributed by atoms with Gasteiger partial charge < -0.3 is 9.88 Å². The molecule has 5 nitrogen and oxygen atoms in total. The third-order valence-corrected chi connectivity index (χ3v) is 4.81. The maximum Gasteiger partial charge on any atom is 0.234 e. The van der Waals surface area contributed by atoms with E-state index in [2.05, 4.69) is 22.1 Å². The van der Waals surface area contributed by atoms with Gasteiger partial charge in [-0.3, -0.25) is 4.79 Å². The molecule has 8 heteroatoms. The minimum Gasteiger partial charge on any atom is -0.325 e. The monoisotopic (exact) mass is 400 g/mol. The molecule has 0 aliphatic heterocycles. The fourth-order valence-corrected chi connectivity index (χ4v) is 3.32. The number of carbonyl (C=O) groups excluding carboxylic acids is 1. The third-order valence-electron chi connectivity index (χ3n) is 3.85. The fraction of sp³-hybridized carbons (Fsp3) is 0.150. The van der Waals surface area contributed by atoms with Gasteiger partial charge >= 0.3 is 0 Å². The number of nitrogens with zero attached hydrogens (tertiary/aromatic N) is 3. The topological polar surface area (TPSA) is 59.8 Å². The summed E-state index contributed by atoms with van der Waals surface area (Å²) in [6.07, 6.45) is 2.35. The Morgan fingerprint density at radius 3 is 2.64 bits per heavy atom. The zero-order valence-corrected chi connectivity index (χ0v) is 15.8. The normalized spacial score (nSPS) is 10.6. The second-order valence-corrected chi connectivity index (χ2v) is 6.87. The molecule has 2 aromatic carbocycles. The molecule has 144 valence electrons. The number of benzene rings is 2. The molecule has 1 heterocycles. The quantitative estimate of drug-likeness (QED) is 0.458. The van der Waals surface area contributed by atoms with E-state index in [1.807, 2.05) is 34.9 Å². The first-order valence-electron chi connectivity index (χ1n) is 8.51. The lowest BCUT2D eigenvalue weighted by Gasteiger charge is -2.08. The van der Waals surface area contributed by atoms with E-state index in [1.54, 1.807) is 6.08 Å². The van der Waals surface area contributed by atoms with E-state index < -0.39 is 11.6 Å². The van der Waals surface area contributed by atoms with Crippen LogP contribution in [0.15, 0.2) is 66.3 Å². The van der Waals surface area contributed by atoms with Crippen molar-refractivity contribution in [2.45, 2.75) is 18.1 Å². The molecule has 0 spiro atoms. The number of nitrogens with one attached hydrogen (secondary N) is 1. The van der Waals surface area contributed by atoms with Crippen molar-refractivity contribution in [3.05, 3.63) is 84.2 Å². The third kappa shape index (κ3) is 5.04. The summed E-state index contributed by atoms with van der Waals surface area (Å²) in [5.74, 6) is -1.50. The van der Waals surface area contributed by atoms with Crippen LogP contribution >= 0.6 is 11.8 Å². The van der Waals surface area contributed by atoms with E-state index in [4.69, 9.17) is 0 Å². The van der Waals surface area contributed by atoms with Crippen LogP contribution in [-0.2, 0) is 17.8 Å². The van der Waals surface area contributed by atoms with Crippen molar-refractivity contribution in [2.75, 3.05) is 11.1 Å². The van der Waals surface area contributed by atoms with Crippen LogP contribution in [0.25, 0.3) is 0 Å². The minimum absolute atomic E-state index is 0.0552. The molecular weight excluding hydrogens is 382 g/mol. The van der Waals surface area contributed by atoms with Crippen molar-refractivity contribution in [3.8, 4) is 0 Å². The predicted octanol–water partition coefficient (Wildman–Crippen LogP) is 4.06. The van der Waals surface area contributed by atoms with E-state index in [0.717, 1.165) is 23.5 Å². The Labute approximate surface area is 165 Å². The summed E-state index contributed by atoms with van der Waals surface area (Å²) in [6, 6.07) is 13.1. The highest BCUT2D eigenvalue weighted by Crippen LogP contribution is 2.20. The summed E-state index contributed by atoms with van der Waals surface area (Å²) in [4.78, 5) is 12.1. The second-order valence-electron chi connectivity index (χ2n) is 5.93. The summed E-state index contributed by atoms with van der Waals surface area (Å²) in [5.41, 5.74) is 1.30. The largest absolute Gasteiger partial charge is 0.325 e. The molecule has 1 N–H and O–H groups in total. The molecule has 28 heavy (non-hydrogen) atoms. The average molecular weight is 400 g/mol. The Bertz CT molecular complexity index is 976. The van der Waals surface area contributed by atoms with Gasteiger partial charge in [0.25, 0.3) is 0 Å². The maximum absolute atomic E-state index is 13.2. The van der Waals surface area contributed by atoms with Crippen LogP contribution in [0, 0.1) is 11.6 Å². The molecule has 0 fully saturated rings. The highest BCUT2D eigenvalue weighted by Gasteiger charge is 2.14. The van der Waals surface area contributed by atoms with Gasteiger partial charge in [0.1, 0.15) is 5.82 Å². The molecule has 1 aromatic heterocycles. The molecule has 0 aliphatic carbocycles. The van der Waals surface area contributed by atoms with Gasteiger partial charge in [-0.25, -0.2) is 8.78 Å². The SMILES string of the molecule is C=CCn1c(Cc2ccccc2)nnc1SCC(=O)Nc1ccc(F)c(F)c1. The van der Waals surface area contributed by atoms with Crippen LogP contribution in [0.2, 0.25) is 0 Å². The van der Waals surface area contributed by atoms with Gasteiger partial charge in [-0.1, -0.05) is 48.2 Å². The minimum atomic E-state index is -1.01. The van der Waals surface area contributed by atoms with Crippen LogP contribution in [0.3, 0.4) is 0 Å². The van der Waals surface area contributed by atoms with Crippen LogP contribution < -0.4 is 5.32 Å². The molecule has 0 saturated carbocycles. The van der Waals surface area contributed by atoms with Gasteiger partial charge in [0.2, 0.25) is 5.91 Å². The fourth-order valence-electron chi connectivity index (χ4n) is 2.55. The molecule has 0 unspecified atom stereocenters. The first-order valence-corrected chi connectivity index (χ1v) is 9.50. The average Bonchev–Trinajstić information content (AvgIpc) is 3.06. The molecule has 3 rings (SSSR count). The number of thioether (sulfide) groups is 1. The number of anilines is 1. The van der Waals surface area contributed by atoms with Crippen molar-refractivity contribution in [1.29, 1.82) is 0 Å². The van der Waals surface area contributed by atoms with Crippen LogP contribution in [-0.4, -0.2) is 26.4 Å². The van der Waals surface area contributed by atoms with Crippen molar-refractivity contribution in [1.82, 2.24) is 14.8 Å². The van der Waals surface area contributed by atoms with Crippen LogP contribution in [0.5, 0.6) is 0 Å². The highest BCUT2D eigenvalue weighted by molar-refractivity contribution is 7.99. The lowest BCUT2D eigenvalue weighted by molar-refractivity contribution is -0.113. The van der Waals surface area contributed by atoms with Gasteiger partial charge in [0, 0.05) is 24.7 Å². The van der Waals surface area contributed by atoms with Crippen molar-refractivity contribution in [3.63, 3.8) is 0 Å². The second kappa shape index (κ2) is 9.27. The number of allylic oxidation sites excluding steroid dienone is 1.